The first-order valence-electron chi connectivity index (χ1n) is 17.6. The van der Waals surface area contributed by atoms with Gasteiger partial charge in [0.15, 0.2) is 11.5 Å². The summed E-state index contributed by atoms with van der Waals surface area (Å²) >= 11 is 0. The Labute approximate surface area is 297 Å². The predicted octanol–water partition coefficient (Wildman–Crippen LogP) is 2.48. The molecule has 4 amide bonds. The summed E-state index contributed by atoms with van der Waals surface area (Å²) in [5, 5.41) is 4.82. The van der Waals surface area contributed by atoms with Gasteiger partial charge < -0.3 is 34.5 Å². The lowest BCUT2D eigenvalue weighted by atomic mass is 10.0. The van der Waals surface area contributed by atoms with E-state index in [9.17, 15) is 32.4 Å². The Hall–Kier alpha value is -4.34. The van der Waals surface area contributed by atoms with Crippen molar-refractivity contribution in [3.63, 3.8) is 0 Å². The summed E-state index contributed by atoms with van der Waals surface area (Å²) in [4.78, 5) is 69.5. The van der Waals surface area contributed by atoms with Gasteiger partial charge in [-0.15, -0.1) is 0 Å². The number of benzene rings is 1. The number of esters is 1. The van der Waals surface area contributed by atoms with E-state index in [1.807, 2.05) is 12.2 Å². The van der Waals surface area contributed by atoms with Gasteiger partial charge in [-0.25, -0.2) is 18.0 Å². The second-order valence-corrected chi connectivity index (χ2v) is 16.8. The number of ether oxygens (including phenoxy) is 4. The van der Waals surface area contributed by atoms with E-state index in [1.54, 1.807) is 26.8 Å². The molecule has 51 heavy (non-hydrogen) atoms. The van der Waals surface area contributed by atoms with Crippen molar-refractivity contribution in [3.05, 3.63) is 35.9 Å². The molecule has 2 saturated carbocycles. The second-order valence-electron chi connectivity index (χ2n) is 14.8. The van der Waals surface area contributed by atoms with E-state index in [-0.39, 0.29) is 31.4 Å². The molecule has 278 valence electrons. The molecular weight excluding hydrogens is 684 g/mol. The lowest BCUT2D eigenvalue weighted by Gasteiger charge is -2.30. The van der Waals surface area contributed by atoms with Crippen molar-refractivity contribution in [2.24, 2.45) is 5.92 Å². The Morgan fingerprint density at radius 2 is 1.76 bits per heavy atom. The van der Waals surface area contributed by atoms with Crippen LogP contribution in [-0.2, 0) is 33.9 Å². The number of hydrogen-bond acceptors (Lipinski definition) is 11. The number of fused-ring (bicyclic) bond motifs is 3. The van der Waals surface area contributed by atoms with Crippen LogP contribution in [0.2, 0.25) is 0 Å². The molecule has 5 atom stereocenters. The lowest BCUT2D eigenvalue weighted by Crippen LogP contribution is -2.58. The number of allylic oxidation sites excluding steroid dienone is 1. The summed E-state index contributed by atoms with van der Waals surface area (Å²) < 4.78 is 50.1. The highest BCUT2D eigenvalue weighted by Gasteiger charge is 2.62. The van der Waals surface area contributed by atoms with Crippen LogP contribution in [0.1, 0.15) is 88.9 Å². The molecule has 3 aliphatic heterocycles. The van der Waals surface area contributed by atoms with Crippen molar-refractivity contribution >= 4 is 39.8 Å². The van der Waals surface area contributed by atoms with Crippen LogP contribution >= 0.6 is 0 Å². The van der Waals surface area contributed by atoms with E-state index in [1.165, 1.54) is 17.0 Å². The van der Waals surface area contributed by atoms with Crippen molar-refractivity contribution in [2.75, 3.05) is 19.8 Å². The predicted molar refractivity (Wildman–Crippen MR) is 181 cm³/mol. The van der Waals surface area contributed by atoms with E-state index in [2.05, 4.69) is 15.4 Å². The van der Waals surface area contributed by atoms with Crippen molar-refractivity contribution in [3.8, 4) is 11.5 Å². The fourth-order valence-corrected chi connectivity index (χ4v) is 8.05. The third-order valence-corrected chi connectivity index (χ3v) is 11.4. The van der Waals surface area contributed by atoms with E-state index in [0.29, 0.717) is 50.4 Å². The fourth-order valence-electron chi connectivity index (χ4n) is 6.69. The van der Waals surface area contributed by atoms with E-state index < -0.39 is 80.3 Å². The van der Waals surface area contributed by atoms with Crippen LogP contribution < -0.4 is 24.8 Å². The van der Waals surface area contributed by atoms with Gasteiger partial charge in [0, 0.05) is 12.3 Å². The fraction of sp³-hybridized carbons (Fsp3) is 0.629. The van der Waals surface area contributed by atoms with E-state index >= 15 is 0 Å². The van der Waals surface area contributed by atoms with Gasteiger partial charge in [-0.05, 0) is 77.5 Å². The molecular formula is C35H46N4O11S. The minimum absolute atomic E-state index is 0.106. The molecule has 1 aromatic carbocycles. The number of nitrogens with zero attached hydrogens (tertiary/aromatic N) is 1. The number of nitrogens with one attached hydrogen (secondary N) is 3. The molecule has 5 unspecified atom stereocenters. The average Bonchev–Trinajstić information content (AvgIpc) is 3.99. The molecule has 3 heterocycles. The van der Waals surface area contributed by atoms with Crippen LogP contribution in [0.25, 0.3) is 0 Å². The molecule has 3 fully saturated rings. The van der Waals surface area contributed by atoms with Gasteiger partial charge >= 0.3 is 12.1 Å². The lowest BCUT2D eigenvalue weighted by molar-refractivity contribution is -0.141. The molecule has 2 aliphatic carbocycles. The van der Waals surface area contributed by atoms with Crippen molar-refractivity contribution in [1.82, 2.24) is 20.3 Å². The molecule has 16 heteroatoms. The minimum Gasteiger partial charge on any atom is -0.486 e. The van der Waals surface area contributed by atoms with E-state index in [0.717, 1.165) is 12.8 Å². The normalized spacial score (nSPS) is 28.2. The maximum absolute atomic E-state index is 14.3. The molecule has 1 aromatic rings. The first kappa shape index (κ1) is 36.5. The molecule has 0 bridgehead atoms. The van der Waals surface area contributed by atoms with E-state index in [4.69, 9.17) is 18.9 Å². The summed E-state index contributed by atoms with van der Waals surface area (Å²) in [5.74, 6) is -2.40. The molecule has 15 nitrogen and oxygen atoms in total. The molecule has 0 radical (unpaired) electrons. The zero-order valence-corrected chi connectivity index (χ0v) is 29.9. The summed E-state index contributed by atoms with van der Waals surface area (Å²) in [7, 11) is -3.91. The minimum atomic E-state index is -3.91. The number of hydrogen-bond donors (Lipinski definition) is 3. The van der Waals surface area contributed by atoms with Gasteiger partial charge in [-0.2, -0.15) is 0 Å². The molecule has 1 saturated heterocycles. The zero-order valence-electron chi connectivity index (χ0n) is 29.1. The third kappa shape index (κ3) is 8.59. The monoisotopic (exact) mass is 730 g/mol. The number of amides is 4. The van der Waals surface area contributed by atoms with Crippen molar-refractivity contribution in [2.45, 2.75) is 113 Å². The number of sulfonamides is 1. The zero-order chi connectivity index (χ0) is 36.6. The SMILES string of the molecule is CC(C)(C)OC(=O)NC1CCCCCC=CC2CC2(C(=O)NS(=O)(=O)C2CC2)NC(=O)C2CC(OC(=O)c3ccc4c(c3)OCCO4)CN2C1=O. The van der Waals surface area contributed by atoms with Crippen LogP contribution in [0.15, 0.2) is 30.4 Å². The summed E-state index contributed by atoms with van der Waals surface area (Å²) in [6.07, 6.45) is 6.01. The number of carbonyl (C=O) groups excluding carboxylic acids is 5. The van der Waals surface area contributed by atoms with Crippen LogP contribution in [0.5, 0.6) is 11.5 Å². The molecule has 0 spiro atoms. The molecule has 0 aromatic heterocycles. The average molecular weight is 731 g/mol. The Morgan fingerprint density at radius 1 is 1.02 bits per heavy atom. The summed E-state index contributed by atoms with van der Waals surface area (Å²) in [5.41, 5.74) is -2.19. The van der Waals surface area contributed by atoms with Crippen molar-refractivity contribution < 1.29 is 51.3 Å². The van der Waals surface area contributed by atoms with Gasteiger partial charge in [0.1, 0.15) is 42.5 Å². The van der Waals surface area contributed by atoms with Crippen molar-refractivity contribution in [1.29, 1.82) is 0 Å². The van der Waals surface area contributed by atoms with Gasteiger partial charge in [0.05, 0.1) is 17.4 Å². The highest BCUT2D eigenvalue weighted by molar-refractivity contribution is 7.91. The maximum atomic E-state index is 14.3. The smallest absolute Gasteiger partial charge is 0.408 e. The molecule has 6 rings (SSSR count). The largest absolute Gasteiger partial charge is 0.486 e. The molecule has 5 aliphatic rings. The Bertz CT molecular complexity index is 1700. The van der Waals surface area contributed by atoms with Crippen LogP contribution in [0.4, 0.5) is 4.79 Å². The highest BCUT2D eigenvalue weighted by atomic mass is 32.2. The topological polar surface area (TPSA) is 196 Å². The molecule has 3 N–H and O–H groups in total. The van der Waals surface area contributed by atoms with Crippen LogP contribution in [0.3, 0.4) is 0 Å². The number of carbonyl (C=O) groups is 5. The third-order valence-electron chi connectivity index (χ3n) is 9.59. The van der Waals surface area contributed by atoms with Gasteiger partial charge in [-0.3, -0.25) is 19.1 Å². The first-order valence-corrected chi connectivity index (χ1v) is 19.2. The van der Waals surface area contributed by atoms with Crippen LogP contribution in [0, 0.1) is 5.92 Å². The van der Waals surface area contributed by atoms with Gasteiger partial charge in [0.25, 0.3) is 5.91 Å². The highest BCUT2D eigenvalue weighted by Crippen LogP contribution is 2.46. The second kappa shape index (κ2) is 14.4. The van der Waals surface area contributed by atoms with Crippen LogP contribution in [-0.4, -0.2) is 97.4 Å². The maximum Gasteiger partial charge on any atom is 0.408 e. The summed E-state index contributed by atoms with van der Waals surface area (Å²) in [6, 6.07) is 2.36. The first-order chi connectivity index (χ1) is 24.1. The quantitative estimate of drug-likeness (QED) is 0.287. The number of alkyl carbamates (subject to hydrolysis) is 1. The van der Waals surface area contributed by atoms with Gasteiger partial charge in [0.2, 0.25) is 21.8 Å². The standard InChI is InChI=1S/C35H46N4O11S/c1-34(2,3)50-33(44)36-25-10-8-6-4-5-7-9-22-19-35(22,32(43)38-51(45,46)24-12-13-24)37-29(40)26-18-23(20-39(26)30(25)41)49-31(42)21-11-14-27-28(17-21)48-16-15-47-27/h7,9,11,14,17,22-26H,4-6,8,10,12-13,15-16,18-20H2,1-3H3,(H,36,44)(H,37,40)(H,38,43). The Kier molecular flexibility index (Phi) is 10.3. The summed E-state index contributed by atoms with van der Waals surface area (Å²) in [6.45, 7) is 5.64. The number of rotatable bonds is 6. The Balaban J connectivity index is 1.26. The Morgan fingerprint density at radius 3 is 2.49 bits per heavy atom. The van der Waals surface area contributed by atoms with Gasteiger partial charge in [-0.1, -0.05) is 25.0 Å².